The van der Waals surface area contributed by atoms with E-state index in [0.29, 0.717) is 0 Å². The molecule has 0 aliphatic rings. The molecule has 4 nitrogen and oxygen atoms in total. The van der Waals surface area contributed by atoms with Gasteiger partial charge >= 0.3 is 0 Å². The normalized spacial score (nSPS) is 10.8. The van der Waals surface area contributed by atoms with Gasteiger partial charge in [-0.15, -0.1) is 0 Å². The first-order chi connectivity index (χ1) is 7.86. The van der Waals surface area contributed by atoms with Crippen molar-refractivity contribution in [2.24, 2.45) is 0 Å². The number of nitrogen functional groups attached to an aromatic ring is 1. The highest BCUT2D eigenvalue weighted by Gasteiger charge is 2.05. The molecule has 0 radical (unpaired) electrons. The van der Waals surface area contributed by atoms with Gasteiger partial charge in [-0.3, -0.25) is 4.98 Å². The number of pyridine rings is 1. The maximum Gasteiger partial charge on any atom is 0.0761 e. The summed E-state index contributed by atoms with van der Waals surface area (Å²) in [5.41, 5.74) is 8.62. The molecular weight excluding hydrogens is 200 g/mol. The van der Waals surface area contributed by atoms with Crippen LogP contribution in [0.5, 0.6) is 0 Å². The molecule has 0 spiro atoms. The summed E-state index contributed by atoms with van der Waals surface area (Å²) in [5.74, 6) is 0. The van der Waals surface area contributed by atoms with Crippen LogP contribution < -0.4 is 5.73 Å². The second-order valence-electron chi connectivity index (χ2n) is 3.54. The van der Waals surface area contributed by atoms with Gasteiger partial charge in [0.05, 0.1) is 17.4 Å². The van der Waals surface area contributed by atoms with Crippen LogP contribution in [0.25, 0.3) is 16.6 Å². The number of nitrogens with two attached hydrogens (primary N) is 1. The second-order valence-corrected chi connectivity index (χ2v) is 3.54. The van der Waals surface area contributed by atoms with Gasteiger partial charge in [-0.1, -0.05) is 6.07 Å². The van der Waals surface area contributed by atoms with Gasteiger partial charge in [-0.25, -0.2) is 4.68 Å². The van der Waals surface area contributed by atoms with Crippen molar-refractivity contribution >= 4 is 16.6 Å². The number of fused-ring (bicyclic) bond motifs is 1. The minimum Gasteiger partial charge on any atom is -0.398 e. The number of benzene rings is 1. The first-order valence-corrected chi connectivity index (χ1v) is 4.99. The third-order valence-electron chi connectivity index (χ3n) is 2.55. The average Bonchev–Trinajstić information content (AvgIpc) is 2.75. The maximum absolute atomic E-state index is 5.88. The van der Waals surface area contributed by atoms with E-state index in [1.165, 1.54) is 0 Å². The smallest absolute Gasteiger partial charge is 0.0761 e. The number of hydrogen-bond donors (Lipinski definition) is 1. The number of aromatic nitrogens is 3. The lowest BCUT2D eigenvalue weighted by atomic mass is 10.2. The van der Waals surface area contributed by atoms with Crippen molar-refractivity contribution in [3.63, 3.8) is 0 Å². The standard InChI is InChI=1S/C12H10N4/c13-11-2-1-3-12-10(11)8-15-16(12)9-4-6-14-7-5-9/h1-8H,13H2. The van der Waals surface area contributed by atoms with E-state index in [2.05, 4.69) is 10.1 Å². The maximum atomic E-state index is 5.88. The van der Waals surface area contributed by atoms with Crippen LogP contribution in [0.4, 0.5) is 5.69 Å². The van der Waals surface area contributed by atoms with Crippen molar-refractivity contribution in [2.45, 2.75) is 0 Å². The van der Waals surface area contributed by atoms with E-state index in [-0.39, 0.29) is 0 Å². The summed E-state index contributed by atoms with van der Waals surface area (Å²) < 4.78 is 1.85. The fourth-order valence-electron chi connectivity index (χ4n) is 1.76. The number of anilines is 1. The largest absolute Gasteiger partial charge is 0.398 e. The molecule has 78 valence electrons. The van der Waals surface area contributed by atoms with Crippen molar-refractivity contribution in [2.75, 3.05) is 5.73 Å². The molecule has 0 fully saturated rings. The third-order valence-corrected chi connectivity index (χ3v) is 2.55. The fraction of sp³-hybridized carbons (Fsp3) is 0. The molecule has 1 aromatic carbocycles. The molecule has 0 bridgehead atoms. The Kier molecular flexibility index (Phi) is 1.86. The van der Waals surface area contributed by atoms with E-state index in [0.717, 1.165) is 22.3 Å². The Morgan fingerprint density at radius 1 is 1.06 bits per heavy atom. The Morgan fingerprint density at radius 3 is 2.69 bits per heavy atom. The Balaban J connectivity index is 2.30. The van der Waals surface area contributed by atoms with Gasteiger partial charge in [0.15, 0.2) is 0 Å². The van der Waals surface area contributed by atoms with Crippen LogP contribution in [0.1, 0.15) is 0 Å². The van der Waals surface area contributed by atoms with Crippen molar-refractivity contribution < 1.29 is 0 Å². The topological polar surface area (TPSA) is 56.7 Å². The predicted octanol–water partition coefficient (Wildman–Crippen LogP) is 2.00. The van der Waals surface area contributed by atoms with Gasteiger partial charge in [0.2, 0.25) is 0 Å². The van der Waals surface area contributed by atoms with E-state index in [4.69, 9.17) is 5.73 Å². The van der Waals surface area contributed by atoms with E-state index in [1.54, 1.807) is 18.6 Å². The quantitative estimate of drug-likeness (QED) is 0.625. The molecule has 3 rings (SSSR count). The Hall–Kier alpha value is -2.36. The molecule has 0 saturated carbocycles. The fourth-order valence-corrected chi connectivity index (χ4v) is 1.76. The van der Waals surface area contributed by atoms with Crippen LogP contribution in [-0.2, 0) is 0 Å². The summed E-state index contributed by atoms with van der Waals surface area (Å²) in [6.07, 6.45) is 5.27. The minimum absolute atomic E-state index is 0.748. The van der Waals surface area contributed by atoms with Crippen LogP contribution in [0.15, 0.2) is 48.9 Å². The SMILES string of the molecule is Nc1cccc2c1cnn2-c1ccncc1. The van der Waals surface area contributed by atoms with Gasteiger partial charge in [-0.05, 0) is 24.3 Å². The highest BCUT2D eigenvalue weighted by atomic mass is 15.3. The lowest BCUT2D eigenvalue weighted by molar-refractivity contribution is 0.907. The first kappa shape index (κ1) is 8.91. The number of nitrogens with zero attached hydrogens (tertiary/aromatic N) is 3. The van der Waals surface area contributed by atoms with E-state index in [9.17, 15) is 0 Å². The third kappa shape index (κ3) is 1.24. The van der Waals surface area contributed by atoms with Gasteiger partial charge in [0.25, 0.3) is 0 Å². The van der Waals surface area contributed by atoms with Gasteiger partial charge < -0.3 is 5.73 Å². The van der Waals surface area contributed by atoms with Crippen molar-refractivity contribution in [3.8, 4) is 5.69 Å². The van der Waals surface area contributed by atoms with E-state index >= 15 is 0 Å². The molecule has 0 aliphatic carbocycles. The zero-order chi connectivity index (χ0) is 11.0. The number of rotatable bonds is 1. The molecule has 0 atom stereocenters. The van der Waals surface area contributed by atoms with Crippen LogP contribution >= 0.6 is 0 Å². The molecule has 0 saturated heterocycles. The van der Waals surface area contributed by atoms with E-state index in [1.807, 2.05) is 35.0 Å². The molecule has 16 heavy (non-hydrogen) atoms. The zero-order valence-electron chi connectivity index (χ0n) is 8.54. The van der Waals surface area contributed by atoms with E-state index < -0.39 is 0 Å². The lowest BCUT2D eigenvalue weighted by Crippen LogP contribution is -1.95. The summed E-state index contributed by atoms with van der Waals surface area (Å²) >= 11 is 0. The molecule has 2 N–H and O–H groups in total. The molecule has 0 unspecified atom stereocenters. The molecule has 0 aliphatic heterocycles. The Bertz CT molecular complexity index is 628. The summed E-state index contributed by atoms with van der Waals surface area (Å²) in [7, 11) is 0. The molecule has 0 amide bonds. The van der Waals surface area contributed by atoms with Gasteiger partial charge in [-0.2, -0.15) is 5.10 Å². The van der Waals surface area contributed by atoms with Crippen LogP contribution in [0.2, 0.25) is 0 Å². The van der Waals surface area contributed by atoms with Crippen molar-refractivity contribution in [1.29, 1.82) is 0 Å². The first-order valence-electron chi connectivity index (χ1n) is 4.99. The summed E-state index contributed by atoms with van der Waals surface area (Å²) in [4.78, 5) is 3.99. The monoisotopic (exact) mass is 210 g/mol. The van der Waals surface area contributed by atoms with Gasteiger partial charge in [0.1, 0.15) is 0 Å². The van der Waals surface area contributed by atoms with Crippen LogP contribution in [-0.4, -0.2) is 14.8 Å². The lowest BCUT2D eigenvalue weighted by Gasteiger charge is -2.02. The molecule has 4 heteroatoms. The second kappa shape index (κ2) is 3.34. The molecule has 3 aromatic rings. The Labute approximate surface area is 92.3 Å². The zero-order valence-corrected chi connectivity index (χ0v) is 8.54. The van der Waals surface area contributed by atoms with Crippen LogP contribution in [0.3, 0.4) is 0 Å². The highest BCUT2D eigenvalue weighted by molar-refractivity contribution is 5.91. The minimum atomic E-state index is 0.748. The Morgan fingerprint density at radius 2 is 1.88 bits per heavy atom. The number of hydrogen-bond acceptors (Lipinski definition) is 3. The average molecular weight is 210 g/mol. The summed E-state index contributed by atoms with van der Waals surface area (Å²) in [5, 5.41) is 5.31. The van der Waals surface area contributed by atoms with Gasteiger partial charge in [0, 0.05) is 23.5 Å². The van der Waals surface area contributed by atoms with Crippen LogP contribution in [0, 0.1) is 0 Å². The summed E-state index contributed by atoms with van der Waals surface area (Å²) in [6, 6.07) is 9.63. The van der Waals surface area contributed by atoms with Crippen molar-refractivity contribution in [1.82, 2.24) is 14.8 Å². The summed E-state index contributed by atoms with van der Waals surface area (Å²) in [6.45, 7) is 0. The predicted molar refractivity (Wildman–Crippen MR) is 63.3 cm³/mol. The molecular formula is C12H10N4. The molecule has 2 aromatic heterocycles. The molecule has 2 heterocycles. The highest BCUT2D eigenvalue weighted by Crippen LogP contribution is 2.22. The van der Waals surface area contributed by atoms with Crippen molar-refractivity contribution in [3.05, 3.63) is 48.9 Å².